The first-order valence-electron chi connectivity index (χ1n) is 4.74. The van der Waals surface area contributed by atoms with Crippen LogP contribution in [0.4, 0.5) is 4.79 Å². The molecule has 0 aliphatic carbocycles. The Hall–Kier alpha value is -0.970. The van der Waals surface area contributed by atoms with E-state index in [-0.39, 0.29) is 6.61 Å². The van der Waals surface area contributed by atoms with Crippen LogP contribution in [0.15, 0.2) is 4.99 Å². The minimum absolute atomic E-state index is 0.275. The van der Waals surface area contributed by atoms with Gasteiger partial charge in [0.25, 0.3) is 0 Å². The van der Waals surface area contributed by atoms with Crippen molar-refractivity contribution in [3.8, 4) is 0 Å². The molecule has 0 aromatic heterocycles. The molecule has 1 amide bonds. The Morgan fingerprint density at radius 1 is 1.47 bits per heavy atom. The molecule has 0 rings (SSSR count). The third-order valence-electron chi connectivity index (χ3n) is 1.55. The number of alkyl carbamates (subject to hydrolysis) is 1. The number of nitrogens with one attached hydrogen (secondary N) is 1. The van der Waals surface area contributed by atoms with Gasteiger partial charge in [0, 0.05) is 20.2 Å². The lowest BCUT2D eigenvalue weighted by Crippen LogP contribution is -2.26. The molecule has 0 aliphatic heterocycles. The van der Waals surface area contributed by atoms with E-state index < -0.39 is 6.09 Å². The number of aliphatic imine (C=N–C) groups is 1. The molecule has 6 heteroatoms. The zero-order valence-corrected chi connectivity index (χ0v) is 9.64. The van der Waals surface area contributed by atoms with E-state index in [4.69, 9.17) is 9.47 Å². The number of isothiocyanates is 1. The van der Waals surface area contributed by atoms with Gasteiger partial charge in [-0.3, -0.25) is 0 Å². The van der Waals surface area contributed by atoms with Crippen LogP contribution in [0.2, 0.25) is 0 Å². The number of nitrogens with zero attached hydrogens (tertiary/aromatic N) is 1. The number of amides is 1. The summed E-state index contributed by atoms with van der Waals surface area (Å²) in [5.41, 5.74) is 0. The van der Waals surface area contributed by atoms with Crippen molar-refractivity contribution >= 4 is 23.5 Å². The molecule has 0 aliphatic rings. The molecule has 15 heavy (non-hydrogen) atoms. The van der Waals surface area contributed by atoms with Crippen LogP contribution in [-0.4, -0.2) is 44.7 Å². The van der Waals surface area contributed by atoms with Crippen LogP contribution in [-0.2, 0) is 9.47 Å². The average Bonchev–Trinajstić information content (AvgIpc) is 2.23. The molecular weight excluding hydrogens is 216 g/mol. The van der Waals surface area contributed by atoms with E-state index in [2.05, 4.69) is 27.7 Å². The highest BCUT2D eigenvalue weighted by Gasteiger charge is 1.99. The molecule has 0 unspecified atom stereocenters. The molecule has 86 valence electrons. The highest BCUT2D eigenvalue weighted by atomic mass is 32.1. The minimum Gasteiger partial charge on any atom is -0.447 e. The standard InChI is InChI=1S/C9H16N2O3S/c1-13-6-7-14-9(12)11-5-3-2-4-10-8-15/h2-7H2,1H3,(H,11,12). The van der Waals surface area contributed by atoms with Crippen LogP contribution < -0.4 is 5.32 Å². The number of hydrogen-bond donors (Lipinski definition) is 1. The van der Waals surface area contributed by atoms with Gasteiger partial charge in [-0.2, -0.15) is 0 Å². The number of methoxy groups -OCH3 is 1. The van der Waals surface area contributed by atoms with Crippen molar-refractivity contribution in [3.63, 3.8) is 0 Å². The fourth-order valence-electron chi connectivity index (χ4n) is 0.821. The molecule has 0 fully saturated rings. The zero-order valence-electron chi connectivity index (χ0n) is 8.82. The van der Waals surface area contributed by atoms with Gasteiger partial charge >= 0.3 is 6.09 Å². The molecule has 0 spiro atoms. The zero-order chi connectivity index (χ0) is 11.4. The lowest BCUT2D eigenvalue weighted by molar-refractivity contribution is 0.0985. The topological polar surface area (TPSA) is 59.9 Å². The highest BCUT2D eigenvalue weighted by molar-refractivity contribution is 7.78. The number of thiocarbonyl (C=S) groups is 1. The maximum absolute atomic E-state index is 11.0. The molecule has 0 radical (unpaired) electrons. The Morgan fingerprint density at radius 2 is 2.27 bits per heavy atom. The number of ether oxygens (including phenoxy) is 2. The lowest BCUT2D eigenvalue weighted by Gasteiger charge is -2.05. The van der Waals surface area contributed by atoms with Crippen molar-refractivity contribution in [1.29, 1.82) is 0 Å². The second-order valence-corrected chi connectivity index (χ2v) is 2.92. The smallest absolute Gasteiger partial charge is 0.407 e. The van der Waals surface area contributed by atoms with Gasteiger partial charge in [-0.1, -0.05) is 0 Å². The molecular formula is C9H16N2O3S. The summed E-state index contributed by atoms with van der Waals surface area (Å²) in [5.74, 6) is 0. The molecule has 0 bridgehead atoms. The predicted octanol–water partition coefficient (Wildman–Crippen LogP) is 1.24. The van der Waals surface area contributed by atoms with Crippen molar-refractivity contribution < 1.29 is 14.3 Å². The fourth-order valence-corrected chi connectivity index (χ4v) is 0.912. The SMILES string of the molecule is COCCOC(=O)NCCCCN=C=S. The number of carbonyl (C=O) groups is 1. The molecule has 5 nitrogen and oxygen atoms in total. The number of carbonyl (C=O) groups excluding carboxylic acids is 1. The monoisotopic (exact) mass is 232 g/mol. The summed E-state index contributed by atoms with van der Waals surface area (Å²) < 4.78 is 9.51. The molecule has 0 saturated carbocycles. The first kappa shape index (κ1) is 14.0. The third kappa shape index (κ3) is 11.0. The Bertz CT molecular complexity index is 217. The van der Waals surface area contributed by atoms with E-state index in [0.29, 0.717) is 19.7 Å². The van der Waals surface area contributed by atoms with Crippen LogP contribution in [0.3, 0.4) is 0 Å². The predicted molar refractivity (Wildman–Crippen MR) is 60.4 cm³/mol. The Balaban J connectivity index is 3.20. The third-order valence-corrected chi connectivity index (χ3v) is 1.68. The second-order valence-electron chi connectivity index (χ2n) is 2.74. The fraction of sp³-hybridized carbons (Fsp3) is 0.778. The molecule has 0 heterocycles. The van der Waals surface area contributed by atoms with Crippen LogP contribution in [0.1, 0.15) is 12.8 Å². The van der Waals surface area contributed by atoms with E-state index >= 15 is 0 Å². The second kappa shape index (κ2) is 11.1. The van der Waals surface area contributed by atoms with Gasteiger partial charge in [0.2, 0.25) is 0 Å². The maximum Gasteiger partial charge on any atom is 0.407 e. The van der Waals surface area contributed by atoms with E-state index in [1.165, 1.54) is 0 Å². The molecule has 0 atom stereocenters. The largest absolute Gasteiger partial charge is 0.447 e. The molecule has 0 saturated heterocycles. The molecule has 0 aromatic carbocycles. The summed E-state index contributed by atoms with van der Waals surface area (Å²) in [4.78, 5) is 14.7. The summed E-state index contributed by atoms with van der Waals surface area (Å²) in [5, 5.41) is 4.90. The summed E-state index contributed by atoms with van der Waals surface area (Å²) in [6.07, 6.45) is 1.31. The van der Waals surface area contributed by atoms with Crippen LogP contribution >= 0.6 is 12.2 Å². The van der Waals surface area contributed by atoms with Gasteiger partial charge in [0.15, 0.2) is 0 Å². The summed E-state index contributed by atoms with van der Waals surface area (Å²) >= 11 is 4.41. The van der Waals surface area contributed by atoms with Crippen LogP contribution in [0.25, 0.3) is 0 Å². The highest BCUT2D eigenvalue weighted by Crippen LogP contribution is 1.88. The number of hydrogen-bond acceptors (Lipinski definition) is 5. The van der Waals surface area contributed by atoms with Crippen molar-refractivity contribution in [2.75, 3.05) is 33.4 Å². The lowest BCUT2D eigenvalue weighted by atomic mass is 10.3. The van der Waals surface area contributed by atoms with Crippen molar-refractivity contribution in [1.82, 2.24) is 5.32 Å². The summed E-state index contributed by atoms with van der Waals surface area (Å²) in [6.45, 7) is 1.93. The minimum atomic E-state index is -0.412. The maximum atomic E-state index is 11.0. The van der Waals surface area contributed by atoms with Gasteiger partial charge in [-0.15, -0.1) is 0 Å². The van der Waals surface area contributed by atoms with Gasteiger partial charge in [0.1, 0.15) is 6.61 Å². The molecule has 0 aromatic rings. The average molecular weight is 232 g/mol. The van der Waals surface area contributed by atoms with Gasteiger partial charge in [0.05, 0.1) is 11.8 Å². The van der Waals surface area contributed by atoms with E-state index in [1.807, 2.05) is 0 Å². The van der Waals surface area contributed by atoms with E-state index in [9.17, 15) is 4.79 Å². The van der Waals surface area contributed by atoms with Crippen molar-refractivity contribution in [3.05, 3.63) is 0 Å². The van der Waals surface area contributed by atoms with Crippen LogP contribution in [0.5, 0.6) is 0 Å². The quantitative estimate of drug-likeness (QED) is 0.388. The van der Waals surface area contributed by atoms with Gasteiger partial charge in [-0.25, -0.2) is 9.79 Å². The number of unbranched alkanes of at least 4 members (excludes halogenated alkanes) is 1. The Kier molecular flexibility index (Phi) is 10.4. The summed E-state index contributed by atoms with van der Waals surface area (Å²) in [7, 11) is 1.55. The normalized spacial score (nSPS) is 9.13. The van der Waals surface area contributed by atoms with Gasteiger partial charge in [-0.05, 0) is 25.1 Å². The van der Waals surface area contributed by atoms with Gasteiger partial charge < -0.3 is 14.8 Å². The number of rotatable bonds is 8. The van der Waals surface area contributed by atoms with Crippen molar-refractivity contribution in [2.45, 2.75) is 12.8 Å². The summed E-state index contributed by atoms with van der Waals surface area (Å²) in [6, 6.07) is 0. The first-order chi connectivity index (χ1) is 7.31. The van der Waals surface area contributed by atoms with Crippen LogP contribution in [0, 0.1) is 0 Å². The first-order valence-corrected chi connectivity index (χ1v) is 5.15. The van der Waals surface area contributed by atoms with E-state index in [1.54, 1.807) is 7.11 Å². The van der Waals surface area contributed by atoms with E-state index in [0.717, 1.165) is 12.8 Å². The Morgan fingerprint density at radius 3 is 2.93 bits per heavy atom. The molecule has 1 N–H and O–H groups in total. The Labute approximate surface area is 94.9 Å². The van der Waals surface area contributed by atoms with Crippen molar-refractivity contribution in [2.24, 2.45) is 4.99 Å².